The fourth-order valence-electron chi connectivity index (χ4n) is 1.95. The van der Waals surface area contributed by atoms with E-state index in [2.05, 4.69) is 14.9 Å². The Hall–Kier alpha value is -1.82. The molecular weight excluding hydrogens is 262 g/mol. The van der Waals surface area contributed by atoms with E-state index in [-0.39, 0.29) is 4.90 Å². The average Bonchev–Trinajstić information content (AvgIpc) is 2.74. The maximum atomic E-state index is 12.3. The van der Waals surface area contributed by atoms with E-state index in [0.29, 0.717) is 12.2 Å². The molecule has 0 aliphatic heterocycles. The molecule has 5 nitrogen and oxygen atoms in total. The highest BCUT2D eigenvalue weighted by molar-refractivity contribution is 7.92. The first kappa shape index (κ1) is 13.6. The Morgan fingerprint density at radius 2 is 1.84 bits per heavy atom. The summed E-state index contributed by atoms with van der Waals surface area (Å²) < 4.78 is 27.2. The molecule has 0 amide bonds. The SMILES string of the molecule is CCc1cn[nH]c1NS(=O)(=O)c1cc(C)cc(C)c1. The van der Waals surface area contributed by atoms with Crippen molar-refractivity contribution < 1.29 is 8.42 Å². The van der Waals surface area contributed by atoms with Crippen LogP contribution in [0.2, 0.25) is 0 Å². The van der Waals surface area contributed by atoms with Crippen LogP contribution in [0, 0.1) is 13.8 Å². The highest BCUT2D eigenvalue weighted by Gasteiger charge is 2.17. The van der Waals surface area contributed by atoms with E-state index in [1.165, 1.54) is 0 Å². The summed E-state index contributed by atoms with van der Waals surface area (Å²) in [5.41, 5.74) is 2.68. The standard InChI is InChI=1S/C13H17N3O2S/c1-4-11-8-14-15-13(11)16-19(17,18)12-6-9(2)5-10(3)7-12/h5-8H,4H2,1-3H3,(H2,14,15,16). The number of sulfonamides is 1. The predicted octanol–water partition coefficient (Wildman–Crippen LogP) is 2.39. The highest BCUT2D eigenvalue weighted by atomic mass is 32.2. The first-order chi connectivity index (χ1) is 8.92. The van der Waals surface area contributed by atoms with Gasteiger partial charge in [-0.2, -0.15) is 5.10 Å². The summed E-state index contributed by atoms with van der Waals surface area (Å²) in [6.07, 6.45) is 2.33. The van der Waals surface area contributed by atoms with Crippen LogP contribution in [-0.2, 0) is 16.4 Å². The monoisotopic (exact) mass is 279 g/mol. The van der Waals surface area contributed by atoms with Crippen molar-refractivity contribution in [2.45, 2.75) is 32.1 Å². The Morgan fingerprint density at radius 1 is 1.21 bits per heavy atom. The normalized spacial score (nSPS) is 11.5. The van der Waals surface area contributed by atoms with Crippen LogP contribution in [0.3, 0.4) is 0 Å². The molecule has 0 saturated carbocycles. The van der Waals surface area contributed by atoms with Gasteiger partial charge in [0.25, 0.3) is 10.0 Å². The summed E-state index contributed by atoms with van der Waals surface area (Å²) in [6.45, 7) is 5.69. The number of nitrogens with one attached hydrogen (secondary N) is 2. The predicted molar refractivity (Wildman–Crippen MR) is 74.7 cm³/mol. The smallest absolute Gasteiger partial charge is 0.263 e. The van der Waals surface area contributed by atoms with Crippen molar-refractivity contribution >= 4 is 15.8 Å². The molecule has 6 heteroatoms. The molecule has 102 valence electrons. The zero-order valence-corrected chi connectivity index (χ0v) is 12.0. The Labute approximate surface area is 113 Å². The maximum absolute atomic E-state index is 12.3. The van der Waals surface area contributed by atoms with Crippen molar-refractivity contribution in [2.75, 3.05) is 4.72 Å². The Morgan fingerprint density at radius 3 is 2.42 bits per heavy atom. The first-order valence-electron chi connectivity index (χ1n) is 6.05. The van der Waals surface area contributed by atoms with Crippen LogP contribution in [0.4, 0.5) is 5.82 Å². The molecule has 0 fully saturated rings. The molecule has 0 radical (unpaired) electrons. The lowest BCUT2D eigenvalue weighted by Crippen LogP contribution is -2.14. The number of nitrogens with zero attached hydrogens (tertiary/aromatic N) is 1. The second kappa shape index (κ2) is 5.05. The molecule has 2 rings (SSSR count). The highest BCUT2D eigenvalue weighted by Crippen LogP contribution is 2.19. The van der Waals surface area contributed by atoms with Gasteiger partial charge in [0.05, 0.1) is 11.1 Å². The van der Waals surface area contributed by atoms with Crippen molar-refractivity contribution in [1.82, 2.24) is 10.2 Å². The summed E-state index contributed by atoms with van der Waals surface area (Å²) in [4.78, 5) is 0.265. The lowest BCUT2D eigenvalue weighted by molar-refractivity contribution is 0.600. The maximum Gasteiger partial charge on any atom is 0.263 e. The van der Waals surface area contributed by atoms with E-state index in [9.17, 15) is 8.42 Å². The number of aryl methyl sites for hydroxylation is 3. The van der Waals surface area contributed by atoms with E-state index < -0.39 is 10.0 Å². The number of anilines is 1. The molecule has 0 saturated heterocycles. The van der Waals surface area contributed by atoms with Gasteiger partial charge in [-0.05, 0) is 43.5 Å². The minimum Gasteiger partial charge on any atom is -0.264 e. The number of benzene rings is 1. The first-order valence-corrected chi connectivity index (χ1v) is 7.54. The number of hydrogen-bond donors (Lipinski definition) is 2. The summed E-state index contributed by atoms with van der Waals surface area (Å²) >= 11 is 0. The molecule has 2 aromatic rings. The molecule has 0 atom stereocenters. The van der Waals surface area contributed by atoms with Crippen LogP contribution in [0.1, 0.15) is 23.6 Å². The van der Waals surface area contributed by atoms with Gasteiger partial charge in [0.2, 0.25) is 0 Å². The number of hydrogen-bond acceptors (Lipinski definition) is 3. The van der Waals surface area contributed by atoms with Gasteiger partial charge >= 0.3 is 0 Å². The second-order valence-electron chi connectivity index (χ2n) is 4.55. The van der Waals surface area contributed by atoms with Crippen LogP contribution >= 0.6 is 0 Å². The molecule has 0 bridgehead atoms. The van der Waals surface area contributed by atoms with E-state index >= 15 is 0 Å². The number of rotatable bonds is 4. The number of aromatic nitrogens is 2. The second-order valence-corrected chi connectivity index (χ2v) is 6.24. The molecule has 0 aliphatic rings. The van der Waals surface area contributed by atoms with Gasteiger partial charge in [-0.15, -0.1) is 0 Å². The van der Waals surface area contributed by atoms with Gasteiger partial charge in [-0.1, -0.05) is 13.0 Å². The van der Waals surface area contributed by atoms with Crippen LogP contribution in [0.5, 0.6) is 0 Å². The van der Waals surface area contributed by atoms with Gasteiger partial charge < -0.3 is 0 Å². The number of H-pyrrole nitrogens is 1. The van der Waals surface area contributed by atoms with Crippen molar-refractivity contribution in [1.29, 1.82) is 0 Å². The van der Waals surface area contributed by atoms with Crippen LogP contribution < -0.4 is 4.72 Å². The third-order valence-electron chi connectivity index (χ3n) is 2.84. The molecule has 1 heterocycles. The number of aromatic amines is 1. The topological polar surface area (TPSA) is 74.8 Å². The van der Waals surface area contributed by atoms with Gasteiger partial charge in [-0.3, -0.25) is 9.82 Å². The molecule has 1 aromatic heterocycles. The van der Waals surface area contributed by atoms with Gasteiger partial charge in [0.15, 0.2) is 0 Å². The molecule has 2 N–H and O–H groups in total. The summed E-state index contributed by atoms with van der Waals surface area (Å²) in [5.74, 6) is 0.432. The molecule has 1 aromatic carbocycles. The van der Waals surface area contributed by atoms with Crippen molar-refractivity contribution in [3.05, 3.63) is 41.1 Å². The summed E-state index contributed by atoms with van der Waals surface area (Å²) in [7, 11) is -3.58. The van der Waals surface area contributed by atoms with Crippen LogP contribution in [-0.4, -0.2) is 18.6 Å². The minimum atomic E-state index is -3.58. The Kier molecular flexibility index (Phi) is 3.61. The Bertz CT molecular complexity index is 669. The minimum absolute atomic E-state index is 0.265. The van der Waals surface area contributed by atoms with Crippen LogP contribution in [0.15, 0.2) is 29.3 Å². The van der Waals surface area contributed by atoms with Gasteiger partial charge in [0, 0.05) is 5.56 Å². The molecule has 0 spiro atoms. The molecule has 19 heavy (non-hydrogen) atoms. The van der Waals surface area contributed by atoms with Gasteiger partial charge in [0.1, 0.15) is 5.82 Å². The molecule has 0 aliphatic carbocycles. The molecule has 0 unspecified atom stereocenters. The van der Waals surface area contributed by atoms with Crippen molar-refractivity contribution in [3.8, 4) is 0 Å². The van der Waals surface area contributed by atoms with Gasteiger partial charge in [-0.25, -0.2) is 8.42 Å². The van der Waals surface area contributed by atoms with Crippen molar-refractivity contribution in [2.24, 2.45) is 0 Å². The van der Waals surface area contributed by atoms with E-state index in [0.717, 1.165) is 16.7 Å². The third kappa shape index (κ3) is 2.96. The summed E-state index contributed by atoms with van der Waals surface area (Å²) in [5, 5.41) is 6.53. The lowest BCUT2D eigenvalue weighted by atomic mass is 10.2. The van der Waals surface area contributed by atoms with Crippen molar-refractivity contribution in [3.63, 3.8) is 0 Å². The fraction of sp³-hybridized carbons (Fsp3) is 0.308. The largest absolute Gasteiger partial charge is 0.264 e. The zero-order valence-electron chi connectivity index (χ0n) is 11.2. The van der Waals surface area contributed by atoms with E-state index in [1.54, 1.807) is 18.3 Å². The summed E-state index contributed by atoms with van der Waals surface area (Å²) in [6, 6.07) is 5.24. The fourth-order valence-corrected chi connectivity index (χ4v) is 3.19. The van der Waals surface area contributed by atoms with E-state index in [4.69, 9.17) is 0 Å². The average molecular weight is 279 g/mol. The Balaban J connectivity index is 2.38. The molecular formula is C13H17N3O2S. The van der Waals surface area contributed by atoms with Crippen LogP contribution in [0.25, 0.3) is 0 Å². The third-order valence-corrected chi connectivity index (χ3v) is 4.17. The lowest BCUT2D eigenvalue weighted by Gasteiger charge is -2.09. The van der Waals surface area contributed by atoms with E-state index in [1.807, 2.05) is 26.8 Å². The zero-order chi connectivity index (χ0) is 14.0. The quantitative estimate of drug-likeness (QED) is 0.902.